The molecule has 3 N–H and O–H groups in total. The molecule has 0 aliphatic carbocycles. The lowest BCUT2D eigenvalue weighted by molar-refractivity contribution is 0.101. The summed E-state index contributed by atoms with van der Waals surface area (Å²) in [6.45, 7) is 0. The number of hydrogen-bond donors (Lipinski definition) is 3. The number of methoxy groups -OCH3 is 1. The molecule has 0 spiro atoms. The van der Waals surface area contributed by atoms with E-state index in [-0.39, 0.29) is 17.2 Å². The predicted molar refractivity (Wildman–Crippen MR) is 122 cm³/mol. The third-order valence-electron chi connectivity index (χ3n) is 4.51. The number of carbonyl (C=O) groups excluding carboxylic acids is 2. The maximum atomic E-state index is 12.7. The van der Waals surface area contributed by atoms with Gasteiger partial charge in [-0.1, -0.05) is 29.5 Å². The Bertz CT molecular complexity index is 1270. The molecule has 4 aromatic rings. The Balaban J connectivity index is 1.44. The van der Waals surface area contributed by atoms with E-state index in [1.807, 2.05) is 24.3 Å². The van der Waals surface area contributed by atoms with Crippen molar-refractivity contribution in [1.82, 2.24) is 10.2 Å². The monoisotopic (exact) mass is 446 g/mol. The molecular weight excluding hydrogens is 428 g/mol. The van der Waals surface area contributed by atoms with Crippen molar-refractivity contribution in [2.24, 2.45) is 0 Å². The van der Waals surface area contributed by atoms with Gasteiger partial charge < -0.3 is 15.2 Å². The lowest BCUT2D eigenvalue weighted by atomic mass is 10.1. The van der Waals surface area contributed by atoms with E-state index in [1.54, 1.807) is 43.5 Å². The van der Waals surface area contributed by atoms with Gasteiger partial charge in [0.25, 0.3) is 11.8 Å². The zero-order valence-corrected chi connectivity index (χ0v) is 17.7. The standard InChI is InChI=1S/C23H18N4O4S/c1-31-17-11-9-14(10-12-17)22-26-27-23(32-22)25-20(29)15-5-4-6-16(13-15)24-21(30)18-7-2-3-8-19(18)28/h2-13,28H,1H3,(H,24,30)(H,25,27,29). The van der Waals surface area contributed by atoms with Gasteiger partial charge in [-0.3, -0.25) is 14.9 Å². The Morgan fingerprint density at radius 2 is 1.69 bits per heavy atom. The minimum atomic E-state index is -0.478. The molecule has 8 nitrogen and oxygen atoms in total. The maximum Gasteiger partial charge on any atom is 0.259 e. The Hall–Kier alpha value is -4.24. The van der Waals surface area contributed by atoms with Crippen LogP contribution in [0.5, 0.6) is 11.5 Å². The molecule has 1 heterocycles. The zero-order valence-electron chi connectivity index (χ0n) is 16.9. The van der Waals surface area contributed by atoms with E-state index in [9.17, 15) is 14.7 Å². The lowest BCUT2D eigenvalue weighted by Crippen LogP contribution is -2.14. The van der Waals surface area contributed by atoms with Gasteiger partial charge >= 0.3 is 0 Å². The molecule has 0 unspecified atom stereocenters. The van der Waals surface area contributed by atoms with Crippen LogP contribution in [0.15, 0.2) is 72.8 Å². The molecule has 0 aliphatic heterocycles. The molecule has 0 atom stereocenters. The number of rotatable bonds is 6. The molecule has 0 aliphatic rings. The molecule has 9 heteroatoms. The molecule has 0 bridgehead atoms. The van der Waals surface area contributed by atoms with Gasteiger partial charge in [-0.25, -0.2) is 0 Å². The van der Waals surface area contributed by atoms with Gasteiger partial charge in [-0.15, -0.1) is 10.2 Å². The number of para-hydroxylation sites is 1. The summed E-state index contributed by atoms with van der Waals surface area (Å²) in [5.74, 6) is -0.251. The largest absolute Gasteiger partial charge is 0.507 e. The fraction of sp³-hybridized carbons (Fsp3) is 0.0435. The van der Waals surface area contributed by atoms with Crippen LogP contribution in [0.4, 0.5) is 10.8 Å². The number of nitrogens with zero attached hydrogens (tertiary/aromatic N) is 2. The number of phenols is 1. The minimum absolute atomic E-state index is 0.122. The molecule has 4 rings (SSSR count). The summed E-state index contributed by atoms with van der Waals surface area (Å²) in [7, 11) is 1.60. The van der Waals surface area contributed by atoms with Gasteiger partial charge in [0.2, 0.25) is 5.13 Å². The number of ether oxygens (including phenoxy) is 1. The van der Waals surface area contributed by atoms with Crippen LogP contribution < -0.4 is 15.4 Å². The lowest BCUT2D eigenvalue weighted by Gasteiger charge is -2.08. The molecular formula is C23H18N4O4S. The van der Waals surface area contributed by atoms with Crippen molar-refractivity contribution in [2.45, 2.75) is 0 Å². The first-order chi connectivity index (χ1) is 15.5. The molecule has 3 aromatic carbocycles. The van der Waals surface area contributed by atoms with Crippen molar-refractivity contribution in [3.63, 3.8) is 0 Å². The van der Waals surface area contributed by atoms with E-state index < -0.39 is 5.91 Å². The summed E-state index contributed by atoms with van der Waals surface area (Å²) in [6.07, 6.45) is 0. The van der Waals surface area contributed by atoms with Gasteiger partial charge in [0.05, 0.1) is 12.7 Å². The fourth-order valence-corrected chi connectivity index (χ4v) is 3.64. The number of nitrogens with one attached hydrogen (secondary N) is 2. The van der Waals surface area contributed by atoms with Crippen LogP contribution in [0.3, 0.4) is 0 Å². The Labute approximate surface area is 187 Å². The number of phenolic OH excluding ortho intramolecular Hbond substituents is 1. The Morgan fingerprint density at radius 3 is 2.44 bits per heavy atom. The van der Waals surface area contributed by atoms with E-state index >= 15 is 0 Å². The number of carbonyl (C=O) groups is 2. The first-order valence-electron chi connectivity index (χ1n) is 9.52. The number of anilines is 2. The maximum absolute atomic E-state index is 12.7. The first kappa shape index (κ1) is 21.0. The number of amides is 2. The van der Waals surface area contributed by atoms with Crippen LogP contribution in [0.25, 0.3) is 10.6 Å². The molecule has 32 heavy (non-hydrogen) atoms. The topological polar surface area (TPSA) is 113 Å². The van der Waals surface area contributed by atoms with Crippen molar-refractivity contribution in [1.29, 1.82) is 0 Å². The van der Waals surface area contributed by atoms with Crippen LogP contribution >= 0.6 is 11.3 Å². The Kier molecular flexibility index (Phi) is 6.09. The highest BCUT2D eigenvalue weighted by Gasteiger charge is 2.14. The summed E-state index contributed by atoms with van der Waals surface area (Å²) >= 11 is 1.24. The summed E-state index contributed by atoms with van der Waals surface area (Å²) in [5, 5.41) is 24.4. The van der Waals surface area contributed by atoms with Crippen molar-refractivity contribution in [3.05, 3.63) is 83.9 Å². The van der Waals surface area contributed by atoms with Crippen molar-refractivity contribution in [3.8, 4) is 22.1 Å². The van der Waals surface area contributed by atoms with Gasteiger partial charge in [0.15, 0.2) is 0 Å². The highest BCUT2D eigenvalue weighted by Crippen LogP contribution is 2.28. The van der Waals surface area contributed by atoms with Crippen LogP contribution in [-0.4, -0.2) is 34.2 Å². The second kappa shape index (κ2) is 9.27. The van der Waals surface area contributed by atoms with Crippen LogP contribution in [0.1, 0.15) is 20.7 Å². The minimum Gasteiger partial charge on any atom is -0.507 e. The van der Waals surface area contributed by atoms with Gasteiger partial charge in [0.1, 0.15) is 16.5 Å². The normalized spacial score (nSPS) is 10.4. The summed E-state index contributed by atoms with van der Waals surface area (Å²) in [5.41, 5.74) is 1.75. The SMILES string of the molecule is COc1ccc(-c2nnc(NC(=O)c3cccc(NC(=O)c4ccccc4O)c3)s2)cc1. The third kappa shape index (κ3) is 4.73. The van der Waals surface area contributed by atoms with Crippen LogP contribution in [-0.2, 0) is 0 Å². The van der Waals surface area contributed by atoms with E-state index in [0.29, 0.717) is 21.4 Å². The average molecular weight is 446 g/mol. The predicted octanol–water partition coefficient (Wildman–Crippen LogP) is 4.42. The zero-order chi connectivity index (χ0) is 22.5. The van der Waals surface area contributed by atoms with Crippen molar-refractivity contribution >= 4 is 34.0 Å². The first-order valence-corrected chi connectivity index (χ1v) is 10.3. The Morgan fingerprint density at radius 1 is 0.906 bits per heavy atom. The third-order valence-corrected chi connectivity index (χ3v) is 5.40. The molecule has 1 aromatic heterocycles. The summed E-state index contributed by atoms with van der Waals surface area (Å²) < 4.78 is 5.15. The van der Waals surface area contributed by atoms with Crippen molar-refractivity contribution in [2.75, 3.05) is 17.7 Å². The molecule has 0 saturated heterocycles. The fourth-order valence-electron chi connectivity index (χ4n) is 2.90. The number of aromatic hydroxyl groups is 1. The van der Waals surface area contributed by atoms with Gasteiger partial charge in [-0.2, -0.15) is 0 Å². The smallest absolute Gasteiger partial charge is 0.259 e. The molecule has 2 amide bonds. The molecule has 160 valence electrons. The highest BCUT2D eigenvalue weighted by atomic mass is 32.1. The van der Waals surface area contributed by atoms with E-state index in [2.05, 4.69) is 20.8 Å². The van der Waals surface area contributed by atoms with E-state index in [1.165, 1.54) is 23.5 Å². The van der Waals surface area contributed by atoms with Gasteiger partial charge in [-0.05, 0) is 54.6 Å². The van der Waals surface area contributed by atoms with Crippen molar-refractivity contribution < 1.29 is 19.4 Å². The summed E-state index contributed by atoms with van der Waals surface area (Å²) in [4.78, 5) is 25.1. The van der Waals surface area contributed by atoms with Crippen LogP contribution in [0, 0.1) is 0 Å². The number of hydrogen-bond acceptors (Lipinski definition) is 7. The summed E-state index contributed by atoms with van der Waals surface area (Å²) in [6, 6.07) is 20.1. The van der Waals surface area contributed by atoms with E-state index in [4.69, 9.17) is 4.74 Å². The molecule has 0 radical (unpaired) electrons. The second-order valence-corrected chi connectivity index (χ2v) is 7.62. The average Bonchev–Trinajstić information content (AvgIpc) is 3.28. The van der Waals surface area contributed by atoms with Gasteiger partial charge in [0, 0.05) is 16.8 Å². The van der Waals surface area contributed by atoms with Crippen LogP contribution in [0.2, 0.25) is 0 Å². The molecule has 0 fully saturated rings. The quantitative estimate of drug-likeness (QED) is 0.404. The number of benzene rings is 3. The van der Waals surface area contributed by atoms with E-state index in [0.717, 1.165) is 11.3 Å². The number of aromatic nitrogens is 2. The molecule has 0 saturated carbocycles. The second-order valence-electron chi connectivity index (χ2n) is 6.65. The highest BCUT2D eigenvalue weighted by molar-refractivity contribution is 7.18.